The minimum atomic E-state index is -0.285. The van der Waals surface area contributed by atoms with Gasteiger partial charge in [0, 0.05) is 10.4 Å². The lowest BCUT2D eigenvalue weighted by molar-refractivity contribution is 0.0605. The van der Waals surface area contributed by atoms with Gasteiger partial charge in [-0.1, -0.05) is 0 Å². The van der Waals surface area contributed by atoms with Crippen molar-refractivity contribution in [3.05, 3.63) is 28.6 Å². The molecule has 1 aromatic carbocycles. The number of nitrogens with two attached hydrogens (primary N) is 1. The lowest BCUT2D eigenvalue weighted by Crippen LogP contribution is -1.99. The van der Waals surface area contributed by atoms with Gasteiger partial charge in [-0.15, -0.1) is 11.3 Å². The topological polar surface area (TPSA) is 52.3 Å². The van der Waals surface area contributed by atoms with E-state index in [9.17, 15) is 4.79 Å². The molecule has 0 atom stereocenters. The fourth-order valence-electron chi connectivity index (χ4n) is 1.53. The molecule has 0 saturated carbocycles. The number of nitrogen functional groups attached to an aromatic ring is 1. The summed E-state index contributed by atoms with van der Waals surface area (Å²) in [5, 5.41) is 1.03. The Bertz CT molecular complexity index is 531. The van der Waals surface area contributed by atoms with Crippen molar-refractivity contribution in [2.75, 3.05) is 12.8 Å². The van der Waals surface area contributed by atoms with E-state index in [1.54, 1.807) is 0 Å². The summed E-state index contributed by atoms with van der Waals surface area (Å²) in [4.78, 5) is 12.1. The largest absolute Gasteiger partial charge is 0.465 e. The number of carbonyl (C=O) groups excluding carboxylic acids is 1. The Morgan fingerprint density at radius 1 is 1.47 bits per heavy atom. The summed E-state index contributed by atoms with van der Waals surface area (Å²) < 4.78 is 5.77. The molecule has 1 heterocycles. The number of aryl methyl sites for hydroxylation is 1. The predicted molar refractivity (Wildman–Crippen MR) is 62.3 cm³/mol. The Hall–Kier alpha value is -1.55. The molecule has 0 aliphatic carbocycles. The first-order valence-corrected chi connectivity index (χ1v) is 5.32. The molecule has 0 radical (unpaired) electrons. The zero-order valence-electron chi connectivity index (χ0n) is 8.53. The zero-order valence-corrected chi connectivity index (χ0v) is 9.35. The van der Waals surface area contributed by atoms with Crippen molar-refractivity contribution < 1.29 is 9.53 Å². The molecule has 0 spiro atoms. The summed E-state index contributed by atoms with van der Waals surface area (Å²) in [6.45, 7) is 1.91. The van der Waals surface area contributed by atoms with Crippen LogP contribution in [-0.2, 0) is 4.74 Å². The number of esters is 1. The maximum absolute atomic E-state index is 11.4. The smallest absolute Gasteiger partial charge is 0.348 e. The van der Waals surface area contributed by atoms with E-state index in [4.69, 9.17) is 10.5 Å². The molecule has 2 aromatic rings. The number of rotatable bonds is 1. The van der Waals surface area contributed by atoms with Crippen molar-refractivity contribution in [2.45, 2.75) is 6.92 Å². The molecule has 2 rings (SSSR count). The summed E-state index contributed by atoms with van der Waals surface area (Å²) >= 11 is 1.44. The summed E-state index contributed by atoms with van der Waals surface area (Å²) in [5.41, 5.74) is 7.35. The number of anilines is 1. The molecule has 0 bridgehead atoms. The minimum absolute atomic E-state index is 0.285. The van der Waals surface area contributed by atoms with Crippen LogP contribution in [0.2, 0.25) is 0 Å². The molecule has 1 aromatic heterocycles. The van der Waals surface area contributed by atoms with Gasteiger partial charge >= 0.3 is 5.97 Å². The van der Waals surface area contributed by atoms with Gasteiger partial charge in [-0.25, -0.2) is 4.79 Å². The van der Waals surface area contributed by atoms with Crippen LogP contribution in [0.15, 0.2) is 18.2 Å². The van der Waals surface area contributed by atoms with Gasteiger partial charge in [-0.2, -0.15) is 0 Å². The third-order valence-corrected chi connectivity index (χ3v) is 3.58. The van der Waals surface area contributed by atoms with E-state index in [-0.39, 0.29) is 5.97 Å². The maximum Gasteiger partial charge on any atom is 0.348 e. The predicted octanol–water partition coefficient (Wildman–Crippen LogP) is 2.58. The van der Waals surface area contributed by atoms with Crippen molar-refractivity contribution in [3.8, 4) is 0 Å². The van der Waals surface area contributed by atoms with Crippen LogP contribution in [0.5, 0.6) is 0 Å². The van der Waals surface area contributed by atoms with Crippen LogP contribution in [-0.4, -0.2) is 13.1 Å². The summed E-state index contributed by atoms with van der Waals surface area (Å²) in [7, 11) is 1.39. The first kappa shape index (κ1) is 9.98. The van der Waals surface area contributed by atoms with Gasteiger partial charge in [0.2, 0.25) is 0 Å². The van der Waals surface area contributed by atoms with Gasteiger partial charge in [-0.3, -0.25) is 0 Å². The first-order chi connectivity index (χ1) is 7.13. The van der Waals surface area contributed by atoms with Crippen LogP contribution in [0.25, 0.3) is 10.1 Å². The molecular formula is C11H11NO2S. The highest BCUT2D eigenvalue weighted by Crippen LogP contribution is 2.32. The van der Waals surface area contributed by atoms with E-state index in [0.717, 1.165) is 15.6 Å². The second-order valence-corrected chi connectivity index (χ2v) is 4.36. The number of hydrogen-bond acceptors (Lipinski definition) is 4. The van der Waals surface area contributed by atoms with Crippen molar-refractivity contribution in [2.24, 2.45) is 0 Å². The molecule has 78 valence electrons. The second-order valence-electron chi connectivity index (χ2n) is 3.30. The van der Waals surface area contributed by atoms with Crippen LogP contribution in [0, 0.1) is 6.92 Å². The maximum atomic E-state index is 11.4. The molecular weight excluding hydrogens is 210 g/mol. The van der Waals surface area contributed by atoms with Crippen LogP contribution < -0.4 is 5.73 Å². The van der Waals surface area contributed by atoms with E-state index >= 15 is 0 Å². The number of thiophene rings is 1. The number of fused-ring (bicyclic) bond motifs is 1. The Balaban J connectivity index is 2.69. The summed E-state index contributed by atoms with van der Waals surface area (Å²) in [6.07, 6.45) is 0. The SMILES string of the molecule is COC(=O)c1sc2ccc(N)cc2c1C. The average molecular weight is 221 g/mol. The summed E-state index contributed by atoms with van der Waals surface area (Å²) in [6, 6.07) is 5.64. The molecule has 15 heavy (non-hydrogen) atoms. The quantitative estimate of drug-likeness (QED) is 0.594. The fourth-order valence-corrected chi connectivity index (χ4v) is 2.63. The third-order valence-electron chi connectivity index (χ3n) is 2.33. The van der Waals surface area contributed by atoms with Crippen LogP contribution in [0.3, 0.4) is 0 Å². The molecule has 0 unspecified atom stereocenters. The molecule has 4 heteroatoms. The van der Waals surface area contributed by atoms with E-state index in [2.05, 4.69) is 0 Å². The zero-order chi connectivity index (χ0) is 11.0. The van der Waals surface area contributed by atoms with Crippen molar-refractivity contribution in [3.63, 3.8) is 0 Å². The standard InChI is InChI=1S/C11H11NO2S/c1-6-8-5-7(12)3-4-9(8)15-10(6)11(13)14-2/h3-5H,12H2,1-2H3. The number of methoxy groups -OCH3 is 1. The molecule has 0 saturated heterocycles. The Morgan fingerprint density at radius 3 is 2.87 bits per heavy atom. The molecule has 0 aliphatic heterocycles. The van der Waals surface area contributed by atoms with Gasteiger partial charge in [0.15, 0.2) is 0 Å². The Labute approximate surface area is 91.5 Å². The molecule has 2 N–H and O–H groups in total. The van der Waals surface area contributed by atoms with Gasteiger partial charge in [-0.05, 0) is 36.1 Å². The highest BCUT2D eigenvalue weighted by atomic mass is 32.1. The Morgan fingerprint density at radius 2 is 2.20 bits per heavy atom. The minimum Gasteiger partial charge on any atom is -0.465 e. The normalized spacial score (nSPS) is 10.5. The number of ether oxygens (including phenoxy) is 1. The molecule has 3 nitrogen and oxygen atoms in total. The van der Waals surface area contributed by atoms with E-state index in [0.29, 0.717) is 10.6 Å². The average Bonchev–Trinajstić information content (AvgIpc) is 2.55. The lowest BCUT2D eigenvalue weighted by atomic mass is 10.1. The molecule has 0 amide bonds. The molecule has 0 fully saturated rings. The van der Waals surface area contributed by atoms with Gasteiger partial charge in [0.25, 0.3) is 0 Å². The van der Waals surface area contributed by atoms with Gasteiger partial charge in [0.1, 0.15) is 4.88 Å². The van der Waals surface area contributed by atoms with E-state index < -0.39 is 0 Å². The first-order valence-electron chi connectivity index (χ1n) is 4.50. The fraction of sp³-hybridized carbons (Fsp3) is 0.182. The van der Waals surface area contributed by atoms with E-state index in [1.165, 1.54) is 18.4 Å². The van der Waals surface area contributed by atoms with Gasteiger partial charge < -0.3 is 10.5 Å². The second kappa shape index (κ2) is 3.55. The van der Waals surface area contributed by atoms with Crippen molar-refractivity contribution in [1.82, 2.24) is 0 Å². The highest BCUT2D eigenvalue weighted by molar-refractivity contribution is 7.21. The van der Waals surface area contributed by atoms with Crippen molar-refractivity contribution >= 4 is 33.1 Å². The Kier molecular flexibility index (Phi) is 2.36. The van der Waals surface area contributed by atoms with Crippen molar-refractivity contribution in [1.29, 1.82) is 0 Å². The van der Waals surface area contributed by atoms with Crippen LogP contribution >= 0.6 is 11.3 Å². The van der Waals surface area contributed by atoms with Crippen LogP contribution in [0.1, 0.15) is 15.2 Å². The molecule has 0 aliphatic rings. The number of carbonyl (C=O) groups is 1. The third kappa shape index (κ3) is 1.57. The van der Waals surface area contributed by atoms with Crippen LogP contribution in [0.4, 0.5) is 5.69 Å². The summed E-state index contributed by atoms with van der Waals surface area (Å²) in [5.74, 6) is -0.285. The van der Waals surface area contributed by atoms with E-state index in [1.807, 2.05) is 25.1 Å². The number of benzene rings is 1. The van der Waals surface area contributed by atoms with Gasteiger partial charge in [0.05, 0.1) is 7.11 Å². The lowest BCUT2D eigenvalue weighted by Gasteiger charge is -1.96. The monoisotopic (exact) mass is 221 g/mol. The number of hydrogen-bond donors (Lipinski definition) is 1. The highest BCUT2D eigenvalue weighted by Gasteiger charge is 2.15.